The number of hydrogen-bond donors (Lipinski definition) is 1. The van der Waals surface area contributed by atoms with Crippen LogP contribution in [0.4, 0.5) is 5.69 Å². The van der Waals surface area contributed by atoms with Crippen molar-refractivity contribution in [2.24, 2.45) is 0 Å². The first-order valence-electron chi connectivity index (χ1n) is 8.19. The molecule has 2 aromatic carbocycles. The van der Waals surface area contributed by atoms with E-state index in [0.29, 0.717) is 12.0 Å². The van der Waals surface area contributed by atoms with Crippen LogP contribution in [0.5, 0.6) is 0 Å². The third kappa shape index (κ3) is 3.18. The van der Waals surface area contributed by atoms with Crippen LogP contribution in [0.2, 0.25) is 0 Å². The molecule has 0 saturated carbocycles. The Morgan fingerprint density at radius 2 is 2.00 bits per heavy atom. The van der Waals surface area contributed by atoms with Crippen molar-refractivity contribution in [1.82, 2.24) is 0 Å². The number of carbonyl (C=O) groups is 2. The smallest absolute Gasteiger partial charge is 0.339 e. The Labute approximate surface area is 141 Å². The molecule has 1 heterocycles. The number of esters is 1. The van der Waals surface area contributed by atoms with E-state index >= 15 is 0 Å². The second-order valence-corrected chi connectivity index (χ2v) is 6.25. The van der Waals surface area contributed by atoms with E-state index in [1.807, 2.05) is 44.2 Å². The van der Waals surface area contributed by atoms with Crippen molar-refractivity contribution in [3.8, 4) is 0 Å². The number of nitrogens with one attached hydrogen (secondary N) is 1. The van der Waals surface area contributed by atoms with Gasteiger partial charge in [-0.2, -0.15) is 0 Å². The van der Waals surface area contributed by atoms with Crippen molar-refractivity contribution >= 4 is 17.6 Å². The molecule has 4 nitrogen and oxygen atoms in total. The lowest BCUT2D eigenvalue weighted by molar-refractivity contribution is -0.125. The molecule has 0 saturated heterocycles. The van der Waals surface area contributed by atoms with Gasteiger partial charge in [-0.3, -0.25) is 4.79 Å². The average molecular weight is 323 g/mol. The Kier molecular flexibility index (Phi) is 4.38. The summed E-state index contributed by atoms with van der Waals surface area (Å²) in [5, 5.41) is 2.87. The highest BCUT2D eigenvalue weighted by Crippen LogP contribution is 2.24. The SMILES string of the molecule is CCc1ccc2c(c1)CC(C(=O)Nc1ccc(C)cc1C)OC2=O. The summed E-state index contributed by atoms with van der Waals surface area (Å²) in [5.41, 5.74) is 5.45. The molecule has 0 radical (unpaired) electrons. The second-order valence-electron chi connectivity index (χ2n) is 6.25. The van der Waals surface area contributed by atoms with E-state index in [-0.39, 0.29) is 5.91 Å². The van der Waals surface area contributed by atoms with E-state index in [1.165, 1.54) is 0 Å². The van der Waals surface area contributed by atoms with Gasteiger partial charge in [0.05, 0.1) is 5.56 Å². The van der Waals surface area contributed by atoms with E-state index in [0.717, 1.165) is 34.4 Å². The minimum atomic E-state index is -0.794. The van der Waals surface area contributed by atoms with E-state index in [2.05, 4.69) is 12.2 Å². The molecule has 4 heteroatoms. The van der Waals surface area contributed by atoms with Gasteiger partial charge in [0, 0.05) is 12.1 Å². The molecule has 124 valence electrons. The van der Waals surface area contributed by atoms with Gasteiger partial charge < -0.3 is 10.1 Å². The van der Waals surface area contributed by atoms with Crippen LogP contribution in [0, 0.1) is 13.8 Å². The van der Waals surface area contributed by atoms with Crippen molar-refractivity contribution < 1.29 is 14.3 Å². The fraction of sp³-hybridized carbons (Fsp3) is 0.300. The van der Waals surface area contributed by atoms with Gasteiger partial charge in [-0.15, -0.1) is 0 Å². The maximum atomic E-state index is 12.5. The molecule has 0 aliphatic carbocycles. The van der Waals surface area contributed by atoms with Crippen molar-refractivity contribution in [1.29, 1.82) is 0 Å². The van der Waals surface area contributed by atoms with Gasteiger partial charge in [0.1, 0.15) is 0 Å². The number of amides is 1. The highest BCUT2D eigenvalue weighted by molar-refractivity contribution is 6.00. The first-order valence-corrected chi connectivity index (χ1v) is 8.19. The molecule has 24 heavy (non-hydrogen) atoms. The zero-order valence-corrected chi connectivity index (χ0v) is 14.2. The van der Waals surface area contributed by atoms with E-state index in [1.54, 1.807) is 6.07 Å². The minimum absolute atomic E-state index is 0.289. The number of carbonyl (C=O) groups excluding carboxylic acids is 2. The first-order chi connectivity index (χ1) is 11.5. The van der Waals surface area contributed by atoms with Gasteiger partial charge in [-0.05, 0) is 49.1 Å². The highest BCUT2D eigenvalue weighted by Gasteiger charge is 2.31. The van der Waals surface area contributed by atoms with Gasteiger partial charge >= 0.3 is 5.97 Å². The summed E-state index contributed by atoms with van der Waals surface area (Å²) >= 11 is 0. The Morgan fingerprint density at radius 3 is 2.71 bits per heavy atom. The third-order valence-corrected chi connectivity index (χ3v) is 4.38. The highest BCUT2D eigenvalue weighted by atomic mass is 16.5. The predicted molar refractivity (Wildman–Crippen MR) is 93.3 cm³/mol. The standard InChI is InChI=1S/C20H21NO3/c1-4-14-6-7-16-15(10-14)11-18(24-20(16)23)19(22)21-17-8-5-12(2)9-13(17)3/h5-10,18H,4,11H2,1-3H3,(H,21,22). The van der Waals surface area contributed by atoms with Crippen molar-refractivity contribution in [3.05, 3.63) is 64.2 Å². The molecule has 3 rings (SSSR count). The van der Waals surface area contributed by atoms with Crippen LogP contribution >= 0.6 is 0 Å². The molecule has 1 N–H and O–H groups in total. The van der Waals surface area contributed by atoms with Gasteiger partial charge in [0.2, 0.25) is 0 Å². The van der Waals surface area contributed by atoms with Crippen molar-refractivity contribution in [2.75, 3.05) is 5.32 Å². The second kappa shape index (κ2) is 6.48. The quantitative estimate of drug-likeness (QED) is 0.878. The Balaban J connectivity index is 1.80. The number of benzene rings is 2. The summed E-state index contributed by atoms with van der Waals surface area (Å²) in [6.45, 7) is 6.01. The lowest BCUT2D eigenvalue weighted by Gasteiger charge is -2.24. The van der Waals surface area contributed by atoms with Crippen LogP contribution in [0.25, 0.3) is 0 Å². The van der Waals surface area contributed by atoms with Gasteiger partial charge in [0.15, 0.2) is 6.10 Å². The van der Waals surface area contributed by atoms with E-state index in [9.17, 15) is 9.59 Å². The monoisotopic (exact) mass is 323 g/mol. The zero-order chi connectivity index (χ0) is 17.3. The van der Waals surface area contributed by atoms with Crippen molar-refractivity contribution in [2.45, 2.75) is 39.7 Å². The van der Waals surface area contributed by atoms with Crippen LogP contribution < -0.4 is 5.32 Å². The molecule has 0 fully saturated rings. The summed E-state index contributed by atoms with van der Waals surface area (Å²) in [4.78, 5) is 24.7. The zero-order valence-electron chi connectivity index (χ0n) is 14.2. The topological polar surface area (TPSA) is 55.4 Å². The Bertz CT molecular complexity index is 811. The summed E-state index contributed by atoms with van der Waals surface area (Å²) in [7, 11) is 0. The summed E-state index contributed by atoms with van der Waals surface area (Å²) in [6.07, 6.45) is 0.505. The lowest BCUT2D eigenvalue weighted by Crippen LogP contribution is -2.38. The number of aryl methyl sites for hydroxylation is 3. The third-order valence-electron chi connectivity index (χ3n) is 4.38. The normalized spacial score (nSPS) is 16.3. The average Bonchev–Trinajstić information content (AvgIpc) is 2.56. The molecule has 1 unspecified atom stereocenters. The van der Waals surface area contributed by atoms with Crippen LogP contribution in [0.1, 0.15) is 39.5 Å². The molecular formula is C20H21NO3. The molecule has 1 aliphatic rings. The number of cyclic esters (lactones) is 1. The Morgan fingerprint density at radius 1 is 1.21 bits per heavy atom. The van der Waals surface area contributed by atoms with Crippen LogP contribution in [0.15, 0.2) is 36.4 Å². The maximum absolute atomic E-state index is 12.5. The van der Waals surface area contributed by atoms with Gasteiger partial charge in [-0.25, -0.2) is 4.79 Å². The molecule has 2 aromatic rings. The number of rotatable bonds is 3. The first kappa shape index (κ1) is 16.2. The number of anilines is 1. The van der Waals surface area contributed by atoms with Crippen molar-refractivity contribution in [3.63, 3.8) is 0 Å². The van der Waals surface area contributed by atoms with Crippen LogP contribution in [-0.2, 0) is 22.4 Å². The molecule has 0 aromatic heterocycles. The Hall–Kier alpha value is -2.62. The largest absolute Gasteiger partial charge is 0.448 e. The number of hydrogen-bond acceptors (Lipinski definition) is 3. The molecule has 1 aliphatic heterocycles. The number of fused-ring (bicyclic) bond motifs is 1. The van der Waals surface area contributed by atoms with Crippen LogP contribution in [-0.4, -0.2) is 18.0 Å². The maximum Gasteiger partial charge on any atom is 0.339 e. The van der Waals surface area contributed by atoms with E-state index < -0.39 is 12.1 Å². The summed E-state index contributed by atoms with van der Waals surface area (Å²) < 4.78 is 5.33. The number of ether oxygens (including phenoxy) is 1. The van der Waals surface area contributed by atoms with Gasteiger partial charge in [0.25, 0.3) is 5.91 Å². The van der Waals surface area contributed by atoms with Gasteiger partial charge in [-0.1, -0.05) is 36.8 Å². The minimum Gasteiger partial charge on any atom is -0.448 e. The predicted octanol–water partition coefficient (Wildman–Crippen LogP) is 3.59. The van der Waals surface area contributed by atoms with E-state index in [4.69, 9.17) is 4.74 Å². The fourth-order valence-electron chi connectivity index (χ4n) is 2.98. The fourth-order valence-corrected chi connectivity index (χ4v) is 2.98. The summed E-state index contributed by atoms with van der Waals surface area (Å²) in [6, 6.07) is 11.5. The lowest BCUT2D eigenvalue weighted by atomic mass is 9.95. The molecule has 0 bridgehead atoms. The molecule has 1 amide bonds. The molecule has 1 atom stereocenters. The molecular weight excluding hydrogens is 302 g/mol. The molecule has 0 spiro atoms. The van der Waals surface area contributed by atoms with Crippen LogP contribution in [0.3, 0.4) is 0 Å². The summed E-state index contributed by atoms with van der Waals surface area (Å²) in [5.74, 6) is -0.720.